The molecule has 0 aliphatic rings. The lowest BCUT2D eigenvalue weighted by molar-refractivity contribution is 0.911. The third-order valence-corrected chi connectivity index (χ3v) is 11.8. The van der Waals surface area contributed by atoms with Crippen molar-refractivity contribution in [3.63, 3.8) is 0 Å². The van der Waals surface area contributed by atoms with Crippen molar-refractivity contribution in [2.75, 3.05) is 4.90 Å². The van der Waals surface area contributed by atoms with Gasteiger partial charge in [-0.15, -0.1) is 0 Å². The molecule has 11 rings (SSSR count). The van der Waals surface area contributed by atoms with E-state index in [2.05, 4.69) is 180 Å². The van der Waals surface area contributed by atoms with E-state index in [1.165, 1.54) is 15.7 Å². The van der Waals surface area contributed by atoms with Gasteiger partial charge in [-0.05, 0) is 89.3 Å². The van der Waals surface area contributed by atoms with Crippen LogP contribution in [-0.4, -0.2) is 18.7 Å². The first-order chi connectivity index (χ1) is 31.3. The van der Waals surface area contributed by atoms with Crippen LogP contribution in [0.4, 0.5) is 17.1 Å². The van der Waals surface area contributed by atoms with E-state index in [4.69, 9.17) is 9.10 Å². The maximum Gasteiger partial charge on any atom is 0.191 e. The van der Waals surface area contributed by atoms with Crippen LogP contribution in [0.15, 0.2) is 219 Å². The molecule has 3 heterocycles. The minimum absolute atomic E-state index is 0.629. The number of nitrogens with zero attached hydrogens (tertiary/aromatic N) is 5. The molecule has 0 aliphatic heterocycles. The van der Waals surface area contributed by atoms with Crippen molar-refractivity contribution >= 4 is 49.9 Å². The Morgan fingerprint density at radius 1 is 0.492 bits per heavy atom. The van der Waals surface area contributed by atoms with Crippen molar-refractivity contribution in [1.82, 2.24) is 18.7 Å². The molecule has 61 heavy (non-hydrogen) atoms. The molecule has 0 N–H and O–H groups in total. The maximum absolute atomic E-state index is 8.40. The van der Waals surface area contributed by atoms with Crippen LogP contribution < -0.4 is 4.90 Å². The van der Waals surface area contributed by atoms with E-state index in [0.717, 1.165) is 83.7 Å². The Balaban J connectivity index is 1.20. The van der Waals surface area contributed by atoms with Crippen LogP contribution in [0.3, 0.4) is 0 Å². The highest BCUT2D eigenvalue weighted by atomic mass is 15.2. The van der Waals surface area contributed by atoms with E-state index >= 15 is 0 Å². The SMILES string of the molecule is [2H]C([2H])([2H])n1[cH+]n(-c2cccc(N(c3ccc4c5ccccc5n(-c5cc(-c6ccccc6C)ccn5)c4c3)c3c(-c4ccccc4)cccc3-c3ccccc3)c2)c2ccccc21. The summed E-state index contributed by atoms with van der Waals surface area (Å²) in [5.41, 5.74) is 14.9. The Morgan fingerprint density at radius 3 is 1.87 bits per heavy atom. The van der Waals surface area contributed by atoms with Gasteiger partial charge in [-0.2, -0.15) is 4.57 Å². The lowest BCUT2D eigenvalue weighted by Gasteiger charge is -2.30. The second-order valence-electron chi connectivity index (χ2n) is 15.4. The second-order valence-corrected chi connectivity index (χ2v) is 15.4. The van der Waals surface area contributed by atoms with Gasteiger partial charge in [0.05, 0.1) is 22.4 Å². The van der Waals surface area contributed by atoms with Gasteiger partial charge in [0, 0.05) is 69.1 Å². The van der Waals surface area contributed by atoms with Crippen LogP contribution in [0.5, 0.6) is 0 Å². The summed E-state index contributed by atoms with van der Waals surface area (Å²) in [5, 5.41) is 2.25. The van der Waals surface area contributed by atoms with E-state index in [0.29, 0.717) is 5.52 Å². The van der Waals surface area contributed by atoms with Gasteiger partial charge < -0.3 is 4.90 Å². The van der Waals surface area contributed by atoms with Crippen LogP contribution in [-0.2, 0) is 6.98 Å². The van der Waals surface area contributed by atoms with Crippen molar-refractivity contribution in [2.24, 2.45) is 6.98 Å². The lowest BCUT2D eigenvalue weighted by Crippen LogP contribution is -2.13. The molecule has 0 saturated heterocycles. The highest BCUT2D eigenvalue weighted by Crippen LogP contribution is 2.48. The van der Waals surface area contributed by atoms with Crippen molar-refractivity contribution in [3.05, 3.63) is 224 Å². The summed E-state index contributed by atoms with van der Waals surface area (Å²) in [6, 6.07) is 71.6. The zero-order chi connectivity index (χ0) is 43.4. The highest BCUT2D eigenvalue weighted by Gasteiger charge is 2.25. The average Bonchev–Trinajstić information content (AvgIpc) is 3.89. The topological polar surface area (TPSA) is 30.9 Å². The Bertz CT molecular complexity index is 3460. The van der Waals surface area contributed by atoms with Gasteiger partial charge in [0.1, 0.15) is 11.5 Å². The molecule has 0 aliphatic carbocycles. The molecular weight excluding hydrogens is 743 g/mol. The molecular formula is C56H42N5+. The fourth-order valence-corrected chi connectivity index (χ4v) is 8.94. The number of hydrogen-bond donors (Lipinski definition) is 0. The fraction of sp³-hybridized carbons (Fsp3) is 0.0357. The molecule has 0 unspecified atom stereocenters. The Morgan fingerprint density at radius 2 is 1.11 bits per heavy atom. The Labute approximate surface area is 359 Å². The van der Waals surface area contributed by atoms with Gasteiger partial charge >= 0.3 is 0 Å². The molecule has 0 fully saturated rings. The Kier molecular flexibility index (Phi) is 8.07. The van der Waals surface area contributed by atoms with E-state index < -0.39 is 6.98 Å². The highest BCUT2D eigenvalue weighted by molar-refractivity contribution is 6.11. The van der Waals surface area contributed by atoms with Gasteiger partial charge in [0.15, 0.2) is 17.4 Å². The van der Waals surface area contributed by atoms with Gasteiger partial charge in [0.25, 0.3) is 0 Å². The monoisotopic (exact) mass is 787 g/mol. The van der Waals surface area contributed by atoms with Crippen molar-refractivity contribution in [3.8, 4) is 44.9 Å². The number of hydrogen-bond acceptors (Lipinski definition) is 2. The number of para-hydroxylation sites is 4. The number of pyridine rings is 1. The van der Waals surface area contributed by atoms with Crippen LogP contribution in [0.25, 0.3) is 77.7 Å². The van der Waals surface area contributed by atoms with Crippen LogP contribution in [0.1, 0.15) is 9.68 Å². The molecule has 290 valence electrons. The van der Waals surface area contributed by atoms with Crippen LogP contribution >= 0.6 is 0 Å². The molecule has 11 aromatic rings. The van der Waals surface area contributed by atoms with Crippen molar-refractivity contribution in [2.45, 2.75) is 6.92 Å². The summed E-state index contributed by atoms with van der Waals surface area (Å²) in [6.45, 7) is -0.220. The number of aromatic nitrogens is 4. The van der Waals surface area contributed by atoms with Crippen molar-refractivity contribution < 1.29 is 4.11 Å². The number of aryl methyl sites for hydroxylation is 2. The van der Waals surface area contributed by atoms with E-state index in [1.54, 1.807) is 6.33 Å². The molecule has 5 heteroatoms. The first-order valence-corrected chi connectivity index (χ1v) is 20.5. The predicted molar refractivity (Wildman–Crippen MR) is 255 cm³/mol. The maximum atomic E-state index is 8.40. The molecule has 0 saturated carbocycles. The third-order valence-electron chi connectivity index (χ3n) is 11.8. The molecule has 3 aromatic heterocycles. The zero-order valence-electron chi connectivity index (χ0n) is 36.5. The summed E-state index contributed by atoms with van der Waals surface area (Å²) < 4.78 is 30.8. The number of benzene rings is 8. The van der Waals surface area contributed by atoms with Crippen LogP contribution in [0.2, 0.25) is 0 Å². The standard InChI is InChI=1S/C56H42N5/c1-39-17-9-10-24-46(39)42-33-34-57-55(35-42)61-51-28-12-11-25-49(51)50-32-31-45(37-54(50)61)60(44-23-15-22-43(36-44)59-38-58(2)52-29-13-14-30-53(52)59)56-47(40-18-5-3-6-19-40)26-16-27-48(56)41-20-7-4-8-21-41/h3-38H,1-2H3/q+1/i2D3. The molecule has 8 aromatic carbocycles. The van der Waals surface area contributed by atoms with E-state index in [-0.39, 0.29) is 0 Å². The summed E-state index contributed by atoms with van der Waals surface area (Å²) in [4.78, 5) is 7.39. The first-order valence-electron chi connectivity index (χ1n) is 22.0. The summed E-state index contributed by atoms with van der Waals surface area (Å²) >= 11 is 0. The van der Waals surface area contributed by atoms with Gasteiger partial charge in [-0.1, -0.05) is 127 Å². The minimum atomic E-state index is -2.37. The second kappa shape index (κ2) is 15.0. The summed E-state index contributed by atoms with van der Waals surface area (Å²) in [7, 11) is 0. The van der Waals surface area contributed by atoms with E-state index in [9.17, 15) is 0 Å². The number of anilines is 3. The minimum Gasteiger partial charge on any atom is -0.308 e. The van der Waals surface area contributed by atoms with Gasteiger partial charge in [-0.3, -0.25) is 4.57 Å². The smallest absolute Gasteiger partial charge is 0.191 e. The zero-order valence-corrected chi connectivity index (χ0v) is 33.5. The quantitative estimate of drug-likeness (QED) is 0.144. The van der Waals surface area contributed by atoms with Crippen molar-refractivity contribution in [1.29, 1.82) is 0 Å². The molecule has 0 amide bonds. The van der Waals surface area contributed by atoms with E-state index in [1.807, 2.05) is 53.2 Å². The molecule has 0 radical (unpaired) electrons. The number of imidazole rings is 1. The summed E-state index contributed by atoms with van der Waals surface area (Å²) in [6.07, 6.45) is 3.60. The van der Waals surface area contributed by atoms with Gasteiger partial charge in [0.2, 0.25) is 0 Å². The Hall–Kier alpha value is -8.02. The largest absolute Gasteiger partial charge is 0.308 e. The predicted octanol–water partition coefficient (Wildman–Crippen LogP) is 14.5. The molecule has 0 spiro atoms. The third kappa shape index (κ3) is 6.26. The fourth-order valence-electron chi connectivity index (χ4n) is 8.94. The lowest BCUT2D eigenvalue weighted by atomic mass is 9.94. The van der Waals surface area contributed by atoms with Gasteiger partial charge in [-0.25, -0.2) is 9.55 Å². The summed E-state index contributed by atoms with van der Waals surface area (Å²) in [5.74, 6) is 0.828. The first kappa shape index (κ1) is 32.9. The normalized spacial score (nSPS) is 12.4. The molecule has 0 atom stereocenters. The molecule has 0 bridgehead atoms. The number of rotatable bonds is 8. The molecule has 5 nitrogen and oxygen atoms in total. The van der Waals surface area contributed by atoms with Crippen LogP contribution in [0, 0.1) is 6.92 Å². The number of fused-ring (bicyclic) bond motifs is 4. The average molecular weight is 788 g/mol.